The molecule has 200 valence electrons. The van der Waals surface area contributed by atoms with E-state index in [0.29, 0.717) is 12.1 Å². The molecule has 10 heteroatoms. The first-order chi connectivity index (χ1) is 16.1. The number of halogens is 6. The highest BCUT2D eigenvalue weighted by Crippen LogP contribution is 2.37. The van der Waals surface area contributed by atoms with Crippen LogP contribution in [0.25, 0.3) is 0 Å². The smallest absolute Gasteiger partial charge is 0.394 e. The van der Waals surface area contributed by atoms with Crippen molar-refractivity contribution in [1.82, 2.24) is 5.32 Å². The van der Waals surface area contributed by atoms with Gasteiger partial charge in [0.05, 0.1) is 17.2 Å². The number of likely N-dealkylation sites (N-methyl/N-ethyl adjacent to an activating group) is 1. The van der Waals surface area contributed by atoms with Gasteiger partial charge in [0.1, 0.15) is 0 Å². The molecule has 0 fully saturated rings. The first kappa shape index (κ1) is 32.9. The molecule has 4 nitrogen and oxygen atoms in total. The molecule has 0 aliphatic rings. The van der Waals surface area contributed by atoms with E-state index in [1.54, 1.807) is 13.8 Å². The van der Waals surface area contributed by atoms with Crippen molar-refractivity contribution in [1.29, 1.82) is 0 Å². The number of hydrogen-bond acceptors (Lipinski definition) is 4. The predicted octanol–water partition coefficient (Wildman–Crippen LogP) is 5.98. The van der Waals surface area contributed by atoms with Crippen LogP contribution < -0.4 is 11.1 Å². The fourth-order valence-electron chi connectivity index (χ4n) is 2.71. The van der Waals surface area contributed by atoms with Crippen molar-refractivity contribution < 1.29 is 36.2 Å². The zero-order valence-corrected chi connectivity index (χ0v) is 20.7. The number of benzene rings is 2. The number of aliphatic hydroxyl groups is 1. The average molecular weight is 511 g/mol. The largest absolute Gasteiger partial charge is 0.416 e. The van der Waals surface area contributed by atoms with E-state index in [1.807, 2.05) is 13.1 Å². The molecule has 0 amide bonds. The molecule has 2 rings (SSSR count). The van der Waals surface area contributed by atoms with Crippen LogP contribution >= 0.6 is 0 Å². The van der Waals surface area contributed by atoms with Crippen LogP contribution in [-0.4, -0.2) is 38.0 Å². The maximum absolute atomic E-state index is 12.5. The van der Waals surface area contributed by atoms with Gasteiger partial charge >= 0.3 is 12.4 Å². The second kappa shape index (κ2) is 15.8. The minimum atomic E-state index is -4.83. The van der Waals surface area contributed by atoms with Crippen molar-refractivity contribution in [3.63, 3.8) is 0 Å². The molecule has 0 heterocycles. The fraction of sp³-hybridized carbons (Fsp3) is 0.520. The Morgan fingerprint density at radius 3 is 1.74 bits per heavy atom. The zero-order chi connectivity index (χ0) is 27.2. The lowest BCUT2D eigenvalue weighted by molar-refractivity contribution is -0.143. The Labute approximate surface area is 203 Å². The summed E-state index contributed by atoms with van der Waals surface area (Å²) in [4.78, 5) is 0. The summed E-state index contributed by atoms with van der Waals surface area (Å²) in [6, 6.07) is 12.1. The van der Waals surface area contributed by atoms with Gasteiger partial charge in [0.25, 0.3) is 0 Å². The van der Waals surface area contributed by atoms with Crippen LogP contribution in [0.1, 0.15) is 55.5 Å². The van der Waals surface area contributed by atoms with E-state index in [0.717, 1.165) is 19.4 Å². The Morgan fingerprint density at radius 2 is 1.37 bits per heavy atom. The first-order valence-corrected chi connectivity index (χ1v) is 11.1. The van der Waals surface area contributed by atoms with E-state index in [1.165, 1.54) is 19.6 Å². The summed E-state index contributed by atoms with van der Waals surface area (Å²) >= 11 is 0. The van der Waals surface area contributed by atoms with Crippen molar-refractivity contribution in [3.05, 3.63) is 70.8 Å². The normalized spacial score (nSPS) is 13.3. The SMILES string of the molecule is CC(C)O.CNCC(N)CCc1ccccc1.COC(C)c1cc(C(F)(F)F)cc(C(F)(F)F)c1. The number of nitrogens with one attached hydrogen (secondary N) is 1. The zero-order valence-electron chi connectivity index (χ0n) is 20.7. The summed E-state index contributed by atoms with van der Waals surface area (Å²) in [5.41, 5.74) is 4.40. The van der Waals surface area contributed by atoms with Crippen LogP contribution in [0.15, 0.2) is 48.5 Å². The molecule has 0 radical (unpaired) electrons. The van der Waals surface area contributed by atoms with Crippen molar-refractivity contribution in [2.45, 2.75) is 64.2 Å². The van der Waals surface area contributed by atoms with Gasteiger partial charge in [-0.05, 0) is 70.0 Å². The second-order valence-corrected chi connectivity index (χ2v) is 8.15. The maximum Gasteiger partial charge on any atom is 0.416 e. The predicted molar refractivity (Wildman–Crippen MR) is 126 cm³/mol. The molecule has 0 aliphatic carbocycles. The molecule has 2 aromatic rings. The van der Waals surface area contributed by atoms with Crippen LogP contribution in [0.5, 0.6) is 0 Å². The topological polar surface area (TPSA) is 67.5 Å². The molecule has 0 aromatic heterocycles. The number of ether oxygens (including phenoxy) is 1. The lowest BCUT2D eigenvalue weighted by Gasteiger charge is -2.17. The average Bonchev–Trinajstić information content (AvgIpc) is 2.76. The number of aryl methyl sites for hydroxylation is 1. The third-order valence-corrected chi connectivity index (χ3v) is 4.55. The Hall–Kier alpha value is -2.14. The maximum atomic E-state index is 12.5. The van der Waals surface area contributed by atoms with Gasteiger partial charge < -0.3 is 20.9 Å². The second-order valence-electron chi connectivity index (χ2n) is 8.15. The molecule has 0 bridgehead atoms. The Balaban J connectivity index is 0.000000594. The fourth-order valence-corrected chi connectivity index (χ4v) is 2.71. The molecule has 2 aromatic carbocycles. The molecule has 2 unspecified atom stereocenters. The molecule has 4 N–H and O–H groups in total. The van der Waals surface area contributed by atoms with Gasteiger partial charge in [-0.25, -0.2) is 0 Å². The lowest BCUT2D eigenvalue weighted by atomic mass is 10.0. The summed E-state index contributed by atoms with van der Waals surface area (Å²) in [6.45, 7) is 5.71. The van der Waals surface area contributed by atoms with Gasteiger partial charge in [0, 0.05) is 25.8 Å². The van der Waals surface area contributed by atoms with E-state index >= 15 is 0 Å². The summed E-state index contributed by atoms with van der Waals surface area (Å²) in [5, 5.41) is 11.1. The highest BCUT2D eigenvalue weighted by molar-refractivity contribution is 5.34. The van der Waals surface area contributed by atoms with E-state index in [2.05, 4.69) is 29.6 Å². The van der Waals surface area contributed by atoms with Crippen LogP contribution in [0.2, 0.25) is 0 Å². The van der Waals surface area contributed by atoms with Crippen molar-refractivity contribution in [3.8, 4) is 0 Å². The first-order valence-electron chi connectivity index (χ1n) is 11.1. The molecular formula is C25H36F6N2O2. The van der Waals surface area contributed by atoms with Gasteiger partial charge in [-0.3, -0.25) is 0 Å². The highest BCUT2D eigenvalue weighted by atomic mass is 19.4. The van der Waals surface area contributed by atoms with Crippen molar-refractivity contribution in [2.75, 3.05) is 20.7 Å². The number of aliphatic hydroxyl groups excluding tert-OH is 1. The Kier molecular flexibility index (Phi) is 14.8. The van der Waals surface area contributed by atoms with Crippen LogP contribution in [0.3, 0.4) is 0 Å². The standard InChI is InChI=1S/C11H10F6O.C11H18N2.C3H8O/c1-6(18-2)7-3-8(10(12,13)14)5-9(4-7)11(15,16)17;1-13-9-11(12)8-7-10-5-3-2-4-6-10;1-3(2)4/h3-6H,1-2H3;2-6,11,13H,7-9,12H2,1H3;3-4H,1-2H3. The van der Waals surface area contributed by atoms with Crippen LogP contribution in [0, 0.1) is 0 Å². The summed E-state index contributed by atoms with van der Waals surface area (Å²) in [7, 11) is 3.14. The van der Waals surface area contributed by atoms with E-state index in [9.17, 15) is 26.3 Å². The molecule has 0 aliphatic heterocycles. The number of nitrogens with two attached hydrogens (primary N) is 1. The minimum absolute atomic E-state index is 0.0892. The molecular weight excluding hydrogens is 474 g/mol. The molecule has 0 saturated carbocycles. The summed E-state index contributed by atoms with van der Waals surface area (Å²) in [6.07, 6.45) is -8.56. The number of methoxy groups -OCH3 is 1. The number of alkyl halides is 6. The van der Waals surface area contributed by atoms with Crippen LogP contribution in [0.4, 0.5) is 26.3 Å². The molecule has 0 saturated heterocycles. The van der Waals surface area contributed by atoms with Crippen molar-refractivity contribution in [2.24, 2.45) is 5.73 Å². The summed E-state index contributed by atoms with van der Waals surface area (Å²) in [5.74, 6) is 0. The molecule has 2 atom stereocenters. The van der Waals surface area contributed by atoms with Gasteiger partial charge in [-0.1, -0.05) is 30.3 Å². The molecule has 0 spiro atoms. The van der Waals surface area contributed by atoms with Crippen molar-refractivity contribution >= 4 is 0 Å². The Bertz CT molecular complexity index is 792. The summed E-state index contributed by atoms with van der Waals surface area (Å²) < 4.78 is 79.7. The third-order valence-electron chi connectivity index (χ3n) is 4.55. The Morgan fingerprint density at radius 1 is 0.914 bits per heavy atom. The highest BCUT2D eigenvalue weighted by Gasteiger charge is 2.37. The quantitative estimate of drug-likeness (QED) is 0.401. The van der Waals surface area contributed by atoms with Gasteiger partial charge in [-0.15, -0.1) is 0 Å². The van der Waals surface area contributed by atoms with E-state index < -0.39 is 29.6 Å². The third kappa shape index (κ3) is 14.8. The van der Waals surface area contributed by atoms with Gasteiger partial charge in [0.15, 0.2) is 0 Å². The van der Waals surface area contributed by atoms with Gasteiger partial charge in [-0.2, -0.15) is 26.3 Å². The van der Waals surface area contributed by atoms with E-state index in [4.69, 9.17) is 15.6 Å². The van der Waals surface area contributed by atoms with Crippen LogP contribution in [-0.2, 0) is 23.5 Å². The number of rotatable bonds is 7. The molecule has 35 heavy (non-hydrogen) atoms. The van der Waals surface area contributed by atoms with Gasteiger partial charge in [0.2, 0.25) is 0 Å². The minimum Gasteiger partial charge on any atom is -0.394 e. The lowest BCUT2D eigenvalue weighted by Crippen LogP contribution is -2.32. The monoisotopic (exact) mass is 510 g/mol. The van der Waals surface area contributed by atoms with E-state index in [-0.39, 0.29) is 23.8 Å². The number of hydrogen-bond donors (Lipinski definition) is 3.